The van der Waals surface area contributed by atoms with Crippen LogP contribution in [0.4, 0.5) is 11.4 Å². The maximum absolute atomic E-state index is 5.67. The Labute approximate surface area is 109 Å². The standard InChI is InChI=1S/C16H20N2/c1-18(16-7-3-2-4-8-16)13-5-6-14-9-11-15(17)12-10-14/h2-4,7-12H,5-6,13,17H2,1H3. The summed E-state index contributed by atoms with van der Waals surface area (Å²) >= 11 is 0. The topological polar surface area (TPSA) is 29.3 Å². The molecule has 0 atom stereocenters. The van der Waals surface area contributed by atoms with Gasteiger partial charge in [0.15, 0.2) is 0 Å². The minimum Gasteiger partial charge on any atom is -0.399 e. The lowest BCUT2D eigenvalue weighted by Gasteiger charge is -2.19. The summed E-state index contributed by atoms with van der Waals surface area (Å²) in [4.78, 5) is 2.29. The molecule has 18 heavy (non-hydrogen) atoms. The lowest BCUT2D eigenvalue weighted by molar-refractivity contribution is 0.786. The summed E-state index contributed by atoms with van der Waals surface area (Å²) in [5.41, 5.74) is 9.13. The number of anilines is 2. The van der Waals surface area contributed by atoms with Crippen molar-refractivity contribution >= 4 is 11.4 Å². The largest absolute Gasteiger partial charge is 0.399 e. The minimum absolute atomic E-state index is 0.833. The number of nitrogens with zero attached hydrogens (tertiary/aromatic N) is 1. The molecule has 0 saturated heterocycles. The second-order valence-electron chi connectivity index (χ2n) is 4.60. The summed E-state index contributed by atoms with van der Waals surface area (Å²) in [6, 6.07) is 18.6. The first-order valence-corrected chi connectivity index (χ1v) is 6.36. The second-order valence-corrected chi connectivity index (χ2v) is 4.60. The van der Waals surface area contributed by atoms with Gasteiger partial charge in [-0.05, 0) is 42.7 Å². The highest BCUT2D eigenvalue weighted by molar-refractivity contribution is 5.45. The Bertz CT molecular complexity index is 462. The monoisotopic (exact) mass is 240 g/mol. The summed E-state index contributed by atoms with van der Waals surface area (Å²) in [7, 11) is 2.14. The number of hydrogen-bond donors (Lipinski definition) is 1. The van der Waals surface area contributed by atoms with Crippen LogP contribution >= 0.6 is 0 Å². The fourth-order valence-corrected chi connectivity index (χ4v) is 2.02. The Balaban J connectivity index is 1.80. The van der Waals surface area contributed by atoms with Crippen LogP contribution in [0.25, 0.3) is 0 Å². The van der Waals surface area contributed by atoms with Crippen molar-refractivity contribution in [3.63, 3.8) is 0 Å². The molecule has 2 nitrogen and oxygen atoms in total. The zero-order valence-electron chi connectivity index (χ0n) is 10.8. The summed E-state index contributed by atoms with van der Waals surface area (Å²) in [6.45, 7) is 1.06. The van der Waals surface area contributed by atoms with E-state index in [1.54, 1.807) is 0 Å². The van der Waals surface area contributed by atoms with Crippen LogP contribution < -0.4 is 10.6 Å². The van der Waals surface area contributed by atoms with Crippen LogP contribution in [0.15, 0.2) is 54.6 Å². The number of aryl methyl sites for hydroxylation is 1. The van der Waals surface area contributed by atoms with Crippen molar-refractivity contribution in [3.8, 4) is 0 Å². The highest BCUT2D eigenvalue weighted by atomic mass is 15.1. The molecule has 0 unspecified atom stereocenters. The summed E-state index contributed by atoms with van der Waals surface area (Å²) in [5.74, 6) is 0. The third-order valence-corrected chi connectivity index (χ3v) is 3.14. The zero-order valence-corrected chi connectivity index (χ0v) is 10.8. The normalized spacial score (nSPS) is 10.3. The van der Waals surface area contributed by atoms with Crippen molar-refractivity contribution in [1.82, 2.24) is 0 Å². The van der Waals surface area contributed by atoms with Gasteiger partial charge in [0.25, 0.3) is 0 Å². The van der Waals surface area contributed by atoms with E-state index < -0.39 is 0 Å². The quantitative estimate of drug-likeness (QED) is 0.812. The summed E-state index contributed by atoms with van der Waals surface area (Å²) in [6.07, 6.45) is 2.24. The maximum Gasteiger partial charge on any atom is 0.0363 e. The van der Waals surface area contributed by atoms with Crippen LogP contribution in [0.3, 0.4) is 0 Å². The van der Waals surface area contributed by atoms with Gasteiger partial charge in [0.05, 0.1) is 0 Å². The number of nitrogens with two attached hydrogens (primary N) is 1. The minimum atomic E-state index is 0.833. The molecule has 2 rings (SSSR count). The molecule has 0 saturated carbocycles. The molecule has 0 radical (unpaired) electrons. The van der Waals surface area contributed by atoms with Crippen molar-refractivity contribution in [1.29, 1.82) is 0 Å². The van der Waals surface area contributed by atoms with Crippen LogP contribution in [0.1, 0.15) is 12.0 Å². The van der Waals surface area contributed by atoms with Gasteiger partial charge in [-0.3, -0.25) is 0 Å². The van der Waals surface area contributed by atoms with E-state index in [1.165, 1.54) is 11.3 Å². The molecule has 2 aromatic rings. The first kappa shape index (κ1) is 12.5. The van der Waals surface area contributed by atoms with Crippen LogP contribution in [-0.4, -0.2) is 13.6 Å². The van der Waals surface area contributed by atoms with E-state index >= 15 is 0 Å². The van der Waals surface area contributed by atoms with Crippen LogP contribution in [0.2, 0.25) is 0 Å². The predicted molar refractivity (Wildman–Crippen MR) is 78.9 cm³/mol. The maximum atomic E-state index is 5.67. The Morgan fingerprint density at radius 2 is 1.61 bits per heavy atom. The molecule has 2 N–H and O–H groups in total. The molecule has 0 aliphatic heterocycles. The lowest BCUT2D eigenvalue weighted by atomic mass is 10.1. The van der Waals surface area contributed by atoms with E-state index in [2.05, 4.69) is 48.3 Å². The van der Waals surface area contributed by atoms with Crippen LogP contribution in [0, 0.1) is 0 Å². The predicted octanol–water partition coefficient (Wildman–Crippen LogP) is 3.34. The molecule has 0 aliphatic carbocycles. The van der Waals surface area contributed by atoms with Crippen molar-refractivity contribution in [2.75, 3.05) is 24.2 Å². The molecule has 0 spiro atoms. The highest BCUT2D eigenvalue weighted by Gasteiger charge is 1.99. The molecule has 0 fully saturated rings. The van der Waals surface area contributed by atoms with Gasteiger partial charge in [-0.1, -0.05) is 30.3 Å². The lowest BCUT2D eigenvalue weighted by Crippen LogP contribution is -2.18. The van der Waals surface area contributed by atoms with E-state index in [0.29, 0.717) is 0 Å². The van der Waals surface area contributed by atoms with Gasteiger partial charge in [-0.2, -0.15) is 0 Å². The molecule has 0 amide bonds. The highest BCUT2D eigenvalue weighted by Crippen LogP contribution is 2.13. The zero-order chi connectivity index (χ0) is 12.8. The number of rotatable bonds is 5. The number of hydrogen-bond acceptors (Lipinski definition) is 2. The Morgan fingerprint density at radius 1 is 0.944 bits per heavy atom. The molecular formula is C16H20N2. The Hall–Kier alpha value is -1.96. The Kier molecular flexibility index (Phi) is 4.24. The molecule has 94 valence electrons. The average molecular weight is 240 g/mol. The van der Waals surface area contributed by atoms with Gasteiger partial charge < -0.3 is 10.6 Å². The van der Waals surface area contributed by atoms with Gasteiger partial charge in [0.1, 0.15) is 0 Å². The molecule has 0 aliphatic rings. The average Bonchev–Trinajstić information content (AvgIpc) is 2.42. The van der Waals surface area contributed by atoms with E-state index in [4.69, 9.17) is 5.73 Å². The van der Waals surface area contributed by atoms with Gasteiger partial charge in [0, 0.05) is 25.0 Å². The van der Waals surface area contributed by atoms with Gasteiger partial charge in [-0.25, -0.2) is 0 Å². The van der Waals surface area contributed by atoms with E-state index in [0.717, 1.165) is 25.1 Å². The summed E-state index contributed by atoms with van der Waals surface area (Å²) in [5, 5.41) is 0. The van der Waals surface area contributed by atoms with E-state index in [-0.39, 0.29) is 0 Å². The van der Waals surface area contributed by atoms with E-state index in [1.807, 2.05) is 18.2 Å². The van der Waals surface area contributed by atoms with Crippen LogP contribution in [-0.2, 0) is 6.42 Å². The third-order valence-electron chi connectivity index (χ3n) is 3.14. The number of benzene rings is 2. The van der Waals surface area contributed by atoms with Gasteiger partial charge in [-0.15, -0.1) is 0 Å². The smallest absolute Gasteiger partial charge is 0.0363 e. The third kappa shape index (κ3) is 3.52. The van der Waals surface area contributed by atoms with Gasteiger partial charge in [0.2, 0.25) is 0 Å². The number of para-hydroxylation sites is 1. The number of nitrogen functional groups attached to an aromatic ring is 1. The van der Waals surface area contributed by atoms with Crippen LogP contribution in [0.5, 0.6) is 0 Å². The Morgan fingerprint density at radius 3 is 2.28 bits per heavy atom. The molecule has 0 aromatic heterocycles. The van der Waals surface area contributed by atoms with Crippen molar-refractivity contribution in [2.45, 2.75) is 12.8 Å². The first-order chi connectivity index (χ1) is 8.75. The van der Waals surface area contributed by atoms with Crippen molar-refractivity contribution < 1.29 is 0 Å². The van der Waals surface area contributed by atoms with Gasteiger partial charge >= 0.3 is 0 Å². The fourth-order valence-electron chi connectivity index (χ4n) is 2.02. The second kappa shape index (κ2) is 6.10. The molecular weight excluding hydrogens is 220 g/mol. The molecule has 2 heteroatoms. The molecule has 0 bridgehead atoms. The summed E-state index contributed by atoms with van der Waals surface area (Å²) < 4.78 is 0. The SMILES string of the molecule is CN(CCCc1ccc(N)cc1)c1ccccc1. The van der Waals surface area contributed by atoms with E-state index in [9.17, 15) is 0 Å². The molecule has 2 aromatic carbocycles. The fraction of sp³-hybridized carbons (Fsp3) is 0.250. The van der Waals surface area contributed by atoms with Crippen molar-refractivity contribution in [3.05, 3.63) is 60.2 Å². The first-order valence-electron chi connectivity index (χ1n) is 6.36. The van der Waals surface area contributed by atoms with Crippen molar-refractivity contribution in [2.24, 2.45) is 0 Å². The molecule has 0 heterocycles.